The Labute approximate surface area is 187 Å². The number of rotatable bonds is 7. The smallest absolute Gasteiger partial charge is 0.279 e. The van der Waals surface area contributed by atoms with E-state index >= 15 is 0 Å². The molecule has 9 nitrogen and oxygen atoms in total. The van der Waals surface area contributed by atoms with Gasteiger partial charge in [0.15, 0.2) is 5.52 Å². The van der Waals surface area contributed by atoms with Crippen LogP contribution in [-0.4, -0.2) is 37.9 Å². The summed E-state index contributed by atoms with van der Waals surface area (Å²) in [5.74, 6) is -0.0671. The van der Waals surface area contributed by atoms with Crippen molar-refractivity contribution >= 4 is 22.8 Å². The zero-order valence-electron chi connectivity index (χ0n) is 19.4. The van der Waals surface area contributed by atoms with Crippen LogP contribution < -0.4 is 16.2 Å². The molecule has 0 aromatic carbocycles. The number of aryl methyl sites for hydroxylation is 1. The fourth-order valence-electron chi connectivity index (χ4n) is 4.26. The van der Waals surface area contributed by atoms with Crippen LogP contribution >= 0.6 is 0 Å². The Balaban J connectivity index is 1.80. The average Bonchev–Trinajstić information content (AvgIpc) is 3.09. The van der Waals surface area contributed by atoms with E-state index in [1.165, 1.54) is 4.57 Å². The molecule has 3 atom stereocenters. The minimum Gasteiger partial charge on any atom is -0.351 e. The van der Waals surface area contributed by atoms with E-state index in [4.69, 9.17) is 0 Å². The monoisotopic (exact) mass is 440 g/mol. The fraction of sp³-hybridized carbons (Fsp3) is 0.609. The second-order valence-corrected chi connectivity index (χ2v) is 9.79. The maximum Gasteiger partial charge on any atom is 0.279 e. The molecule has 1 fully saturated rings. The maximum absolute atomic E-state index is 13.2. The van der Waals surface area contributed by atoms with Crippen molar-refractivity contribution in [2.24, 2.45) is 11.8 Å². The van der Waals surface area contributed by atoms with E-state index in [9.17, 15) is 19.6 Å². The van der Waals surface area contributed by atoms with Crippen molar-refractivity contribution in [2.75, 3.05) is 0 Å². The van der Waals surface area contributed by atoms with Crippen LogP contribution in [0.4, 0.5) is 0 Å². The third kappa shape index (κ3) is 5.18. The minimum absolute atomic E-state index is 0.0925. The number of piperidine rings is 1. The number of amides is 2. The van der Waals surface area contributed by atoms with E-state index in [0.717, 1.165) is 6.42 Å². The van der Waals surface area contributed by atoms with Crippen LogP contribution in [-0.2, 0) is 9.59 Å². The summed E-state index contributed by atoms with van der Waals surface area (Å²) in [6.07, 6.45) is 3.73. The van der Waals surface area contributed by atoms with E-state index in [1.807, 2.05) is 27.7 Å². The highest BCUT2D eigenvalue weighted by molar-refractivity contribution is 5.83. The van der Waals surface area contributed by atoms with Crippen molar-refractivity contribution in [1.29, 1.82) is 5.26 Å². The first kappa shape index (κ1) is 23.5. The second kappa shape index (κ2) is 9.15. The molecule has 1 saturated heterocycles. The van der Waals surface area contributed by atoms with Gasteiger partial charge in [-0.05, 0) is 58.4 Å². The van der Waals surface area contributed by atoms with Crippen LogP contribution in [0.3, 0.4) is 0 Å². The Bertz CT molecular complexity index is 1110. The van der Waals surface area contributed by atoms with Gasteiger partial charge in [-0.25, -0.2) is 4.98 Å². The van der Waals surface area contributed by atoms with Crippen molar-refractivity contribution < 1.29 is 9.59 Å². The maximum atomic E-state index is 13.2. The van der Waals surface area contributed by atoms with Gasteiger partial charge in [0.2, 0.25) is 11.8 Å². The number of aromatic nitrogens is 3. The summed E-state index contributed by atoms with van der Waals surface area (Å²) in [5.41, 5.74) is 0.291. The fourth-order valence-corrected chi connectivity index (χ4v) is 4.26. The van der Waals surface area contributed by atoms with E-state index in [-0.39, 0.29) is 40.8 Å². The van der Waals surface area contributed by atoms with Gasteiger partial charge in [-0.1, -0.05) is 13.8 Å². The van der Waals surface area contributed by atoms with Crippen LogP contribution in [0.15, 0.2) is 17.1 Å². The number of nitrogens with one attached hydrogen (secondary N) is 3. The van der Waals surface area contributed by atoms with Crippen molar-refractivity contribution in [3.63, 3.8) is 0 Å². The highest BCUT2D eigenvalue weighted by atomic mass is 16.2. The molecule has 2 amide bonds. The summed E-state index contributed by atoms with van der Waals surface area (Å²) < 4.78 is 1.39. The van der Waals surface area contributed by atoms with Crippen molar-refractivity contribution in [2.45, 2.75) is 77.9 Å². The van der Waals surface area contributed by atoms with E-state index in [2.05, 4.69) is 26.7 Å². The highest BCUT2D eigenvalue weighted by Gasteiger charge is 2.35. The zero-order valence-corrected chi connectivity index (χ0v) is 19.4. The highest BCUT2D eigenvalue weighted by Crippen LogP contribution is 2.26. The molecule has 1 aliphatic heterocycles. The molecule has 1 unspecified atom stereocenters. The zero-order chi connectivity index (χ0) is 23.6. The predicted octanol–water partition coefficient (Wildman–Crippen LogP) is 2.32. The lowest BCUT2D eigenvalue weighted by atomic mass is 9.83. The van der Waals surface area contributed by atoms with Crippen LogP contribution in [0.2, 0.25) is 0 Å². The number of imidazole rings is 1. The molecule has 0 radical (unpaired) electrons. The lowest BCUT2D eigenvalue weighted by Gasteiger charge is -2.35. The number of hydrogen-bond donors (Lipinski definition) is 3. The van der Waals surface area contributed by atoms with Gasteiger partial charge in [-0.3, -0.25) is 14.4 Å². The number of hydrogen-bond acceptors (Lipinski definition) is 5. The summed E-state index contributed by atoms with van der Waals surface area (Å²) in [7, 11) is 0. The third-order valence-corrected chi connectivity index (χ3v) is 5.96. The molecule has 9 heteroatoms. The number of fused-ring (bicyclic) bond motifs is 1. The van der Waals surface area contributed by atoms with Crippen molar-refractivity contribution in [3.05, 3.63) is 28.4 Å². The summed E-state index contributed by atoms with van der Waals surface area (Å²) >= 11 is 0. The number of nitrogens with zero attached hydrogens (tertiary/aromatic N) is 3. The van der Waals surface area contributed by atoms with Gasteiger partial charge in [-0.2, -0.15) is 5.26 Å². The Morgan fingerprint density at radius 2 is 2.12 bits per heavy atom. The second-order valence-electron chi connectivity index (χ2n) is 9.79. The summed E-state index contributed by atoms with van der Waals surface area (Å²) in [4.78, 5) is 46.0. The molecule has 32 heavy (non-hydrogen) atoms. The molecule has 1 aliphatic rings. The van der Waals surface area contributed by atoms with Crippen LogP contribution in [0.25, 0.3) is 11.0 Å². The van der Waals surface area contributed by atoms with Gasteiger partial charge in [0.1, 0.15) is 17.9 Å². The third-order valence-electron chi connectivity index (χ3n) is 5.96. The van der Waals surface area contributed by atoms with Gasteiger partial charge in [-0.15, -0.1) is 0 Å². The van der Waals surface area contributed by atoms with Crippen LogP contribution in [0.5, 0.6) is 0 Å². The van der Waals surface area contributed by atoms with Crippen LogP contribution in [0.1, 0.15) is 65.2 Å². The normalized spacial score (nSPS) is 19.9. The molecular formula is C23H32N6O3. The van der Waals surface area contributed by atoms with Gasteiger partial charge in [0.05, 0.1) is 11.6 Å². The molecule has 2 aromatic heterocycles. The SMILES string of the molecule is Cc1nc2c(=O)n(C(CC(C)C)C(=O)N[C@H](C#N)C[C@@H]3CCC(C)(C)NC3=O)ccc2[nH]1. The van der Waals surface area contributed by atoms with Gasteiger partial charge in [0.25, 0.3) is 5.56 Å². The van der Waals surface area contributed by atoms with E-state index in [1.54, 1.807) is 19.2 Å². The van der Waals surface area contributed by atoms with E-state index < -0.39 is 18.0 Å². The number of carbonyl (C=O) groups excluding carboxylic acids is 2. The Morgan fingerprint density at radius 3 is 2.75 bits per heavy atom. The molecular weight excluding hydrogens is 408 g/mol. The van der Waals surface area contributed by atoms with Crippen LogP contribution in [0, 0.1) is 30.1 Å². The molecule has 172 valence electrons. The minimum atomic E-state index is -0.818. The lowest BCUT2D eigenvalue weighted by Crippen LogP contribution is -2.52. The van der Waals surface area contributed by atoms with Gasteiger partial charge in [0, 0.05) is 17.7 Å². The molecule has 0 saturated carbocycles. The van der Waals surface area contributed by atoms with Crippen molar-refractivity contribution in [3.8, 4) is 6.07 Å². The average molecular weight is 441 g/mol. The first-order valence-corrected chi connectivity index (χ1v) is 11.1. The lowest BCUT2D eigenvalue weighted by molar-refractivity contribution is -0.130. The standard InChI is InChI=1S/C23H32N6O3/c1-13(2)10-18(29-9-7-17-19(22(29)32)26-14(3)25-17)21(31)27-16(12-24)11-15-6-8-23(4,5)28-20(15)30/h7,9,13,15-16,18H,6,8,10-11H2,1-5H3,(H,25,26)(H,27,31)(H,28,30)/t15-,16-,18?/m0/s1. The molecule has 3 heterocycles. The van der Waals surface area contributed by atoms with Gasteiger partial charge >= 0.3 is 0 Å². The number of pyridine rings is 1. The number of nitriles is 1. The number of aromatic amines is 1. The molecule has 0 spiro atoms. The summed E-state index contributed by atoms with van der Waals surface area (Å²) in [6.45, 7) is 9.65. The summed E-state index contributed by atoms with van der Waals surface area (Å²) in [5, 5.41) is 15.4. The predicted molar refractivity (Wildman–Crippen MR) is 121 cm³/mol. The van der Waals surface area contributed by atoms with Crippen molar-refractivity contribution in [1.82, 2.24) is 25.2 Å². The summed E-state index contributed by atoms with van der Waals surface area (Å²) in [6, 6.07) is 2.24. The number of H-pyrrole nitrogens is 1. The topological polar surface area (TPSA) is 133 Å². The Kier molecular flexibility index (Phi) is 6.72. The quantitative estimate of drug-likeness (QED) is 0.608. The Morgan fingerprint density at radius 1 is 1.41 bits per heavy atom. The number of carbonyl (C=O) groups is 2. The van der Waals surface area contributed by atoms with Gasteiger partial charge < -0.3 is 20.2 Å². The van der Waals surface area contributed by atoms with E-state index in [0.29, 0.717) is 24.2 Å². The molecule has 0 aliphatic carbocycles. The largest absolute Gasteiger partial charge is 0.351 e. The first-order valence-electron chi connectivity index (χ1n) is 11.1. The molecule has 2 aromatic rings. The first-order chi connectivity index (χ1) is 15.0. The molecule has 3 rings (SSSR count). The Hall–Kier alpha value is -3.15. The molecule has 0 bridgehead atoms. The molecule has 3 N–H and O–H groups in total.